The molecule has 0 atom stereocenters. The summed E-state index contributed by atoms with van der Waals surface area (Å²) in [5, 5.41) is 2.88. The molecule has 146 valence electrons. The molecule has 1 aromatic heterocycles. The van der Waals surface area contributed by atoms with E-state index in [0.29, 0.717) is 48.1 Å². The Bertz CT molecular complexity index is 906. The number of amides is 1. The zero-order valence-electron chi connectivity index (χ0n) is 14.9. The van der Waals surface area contributed by atoms with Crippen molar-refractivity contribution in [2.75, 3.05) is 19.3 Å². The molecule has 1 aromatic carbocycles. The van der Waals surface area contributed by atoms with Crippen molar-refractivity contribution in [3.63, 3.8) is 0 Å². The molecule has 1 fully saturated rings. The Morgan fingerprint density at radius 1 is 1.26 bits per heavy atom. The lowest BCUT2D eigenvalue weighted by atomic mass is 10.1. The second-order valence-electron chi connectivity index (χ2n) is 6.36. The van der Waals surface area contributed by atoms with Crippen molar-refractivity contribution in [2.24, 2.45) is 0 Å². The molecule has 0 saturated carbocycles. The number of rotatable bonds is 6. The van der Waals surface area contributed by atoms with Gasteiger partial charge >= 0.3 is 0 Å². The van der Waals surface area contributed by atoms with Crippen LogP contribution in [0.3, 0.4) is 0 Å². The molecular weight excluding hydrogens is 408 g/mol. The molecule has 27 heavy (non-hydrogen) atoms. The van der Waals surface area contributed by atoms with Crippen molar-refractivity contribution in [1.82, 2.24) is 9.62 Å². The van der Waals surface area contributed by atoms with E-state index >= 15 is 0 Å². The summed E-state index contributed by atoms with van der Waals surface area (Å²) >= 11 is 7.33. The largest absolute Gasteiger partial charge is 0.489 e. The van der Waals surface area contributed by atoms with Gasteiger partial charge in [0.2, 0.25) is 10.0 Å². The number of ether oxygens (including phenoxy) is 1. The van der Waals surface area contributed by atoms with Crippen LogP contribution in [0.15, 0.2) is 36.4 Å². The number of thiophene rings is 1. The van der Waals surface area contributed by atoms with Crippen LogP contribution in [0.1, 0.15) is 28.1 Å². The monoisotopic (exact) mass is 428 g/mol. The van der Waals surface area contributed by atoms with Gasteiger partial charge in [0.25, 0.3) is 5.91 Å². The Balaban J connectivity index is 1.61. The topological polar surface area (TPSA) is 75.7 Å². The minimum Gasteiger partial charge on any atom is -0.489 e. The first-order valence-electron chi connectivity index (χ1n) is 8.56. The highest BCUT2D eigenvalue weighted by atomic mass is 35.5. The number of benzene rings is 1. The summed E-state index contributed by atoms with van der Waals surface area (Å²) < 4.78 is 31.4. The molecule has 0 bridgehead atoms. The Kier molecular flexibility index (Phi) is 6.41. The quantitative estimate of drug-likeness (QED) is 0.766. The van der Waals surface area contributed by atoms with E-state index < -0.39 is 10.0 Å². The summed E-state index contributed by atoms with van der Waals surface area (Å²) in [5.41, 5.74) is 0.464. The van der Waals surface area contributed by atoms with Crippen molar-refractivity contribution in [3.8, 4) is 5.75 Å². The number of para-hydroxylation sites is 1. The van der Waals surface area contributed by atoms with Crippen molar-refractivity contribution < 1.29 is 17.9 Å². The molecule has 1 aliphatic heterocycles. The molecule has 1 saturated heterocycles. The summed E-state index contributed by atoms with van der Waals surface area (Å²) in [6, 6.07) is 10.8. The number of hydrogen-bond acceptors (Lipinski definition) is 5. The third kappa shape index (κ3) is 5.44. The Morgan fingerprint density at radius 3 is 2.59 bits per heavy atom. The molecule has 3 rings (SSSR count). The fourth-order valence-electron chi connectivity index (χ4n) is 2.93. The second-order valence-corrected chi connectivity index (χ2v) is 10.1. The number of halogens is 1. The minimum absolute atomic E-state index is 0.118. The molecule has 1 N–H and O–H groups in total. The number of carbonyl (C=O) groups excluding carboxylic acids is 1. The molecule has 1 amide bonds. The van der Waals surface area contributed by atoms with Crippen molar-refractivity contribution in [1.29, 1.82) is 0 Å². The van der Waals surface area contributed by atoms with Crippen molar-refractivity contribution in [3.05, 3.63) is 51.2 Å². The van der Waals surface area contributed by atoms with Gasteiger partial charge in [0, 0.05) is 18.0 Å². The predicted octanol–water partition coefficient (Wildman–Crippen LogP) is 3.13. The van der Waals surface area contributed by atoms with E-state index in [1.165, 1.54) is 21.9 Å². The Labute approximate surface area is 168 Å². The number of nitrogens with one attached hydrogen (secondary N) is 1. The third-order valence-corrected chi connectivity index (χ3v) is 6.88. The maximum Gasteiger partial charge on any atom is 0.255 e. The van der Waals surface area contributed by atoms with Gasteiger partial charge in [0.05, 0.1) is 22.7 Å². The van der Waals surface area contributed by atoms with Gasteiger partial charge in [-0.3, -0.25) is 4.79 Å². The minimum atomic E-state index is -3.17. The van der Waals surface area contributed by atoms with E-state index in [9.17, 15) is 13.2 Å². The molecule has 0 radical (unpaired) electrons. The fourth-order valence-corrected chi connectivity index (χ4v) is 4.83. The highest BCUT2D eigenvalue weighted by Crippen LogP contribution is 2.25. The summed E-state index contributed by atoms with van der Waals surface area (Å²) in [5.74, 6) is 0.292. The lowest BCUT2D eigenvalue weighted by Gasteiger charge is -2.30. The molecule has 0 unspecified atom stereocenters. The van der Waals surface area contributed by atoms with Crippen LogP contribution in [0.5, 0.6) is 5.75 Å². The molecule has 0 spiro atoms. The molecule has 1 aliphatic rings. The summed E-state index contributed by atoms with van der Waals surface area (Å²) in [6.45, 7) is 1.26. The third-order valence-electron chi connectivity index (χ3n) is 4.35. The van der Waals surface area contributed by atoms with Crippen LogP contribution in [0, 0.1) is 0 Å². The first-order valence-corrected chi connectivity index (χ1v) is 11.6. The number of carbonyl (C=O) groups is 1. The highest BCUT2D eigenvalue weighted by molar-refractivity contribution is 7.88. The summed E-state index contributed by atoms with van der Waals surface area (Å²) in [7, 11) is -3.17. The van der Waals surface area contributed by atoms with E-state index in [1.54, 1.807) is 24.3 Å². The smallest absolute Gasteiger partial charge is 0.255 e. The van der Waals surface area contributed by atoms with Crippen LogP contribution < -0.4 is 10.1 Å². The SMILES string of the molecule is CS(=O)(=O)N1CCC(Oc2ccccc2C(=O)NCc2ccc(Cl)s2)CC1. The summed E-state index contributed by atoms with van der Waals surface area (Å²) in [4.78, 5) is 13.5. The van der Waals surface area contributed by atoms with Gasteiger partial charge in [-0.1, -0.05) is 23.7 Å². The van der Waals surface area contributed by atoms with E-state index in [2.05, 4.69) is 5.32 Å². The van der Waals surface area contributed by atoms with Crippen LogP contribution in [-0.4, -0.2) is 44.1 Å². The first kappa shape index (κ1) is 20.1. The standard InChI is InChI=1S/C18H21ClN2O4S2/c1-27(23,24)21-10-8-13(9-11-21)25-16-5-3-2-4-15(16)18(22)20-12-14-6-7-17(19)26-14/h2-7,13H,8-12H2,1H3,(H,20,22). The lowest BCUT2D eigenvalue weighted by molar-refractivity contribution is 0.0936. The first-order chi connectivity index (χ1) is 12.8. The van der Waals surface area contributed by atoms with Crippen LogP contribution in [0.4, 0.5) is 0 Å². The zero-order chi connectivity index (χ0) is 19.4. The van der Waals surface area contributed by atoms with E-state index in [0.717, 1.165) is 4.88 Å². The van der Waals surface area contributed by atoms with Crippen LogP contribution in [0.25, 0.3) is 0 Å². The molecular formula is C18H21ClN2O4S2. The number of hydrogen-bond donors (Lipinski definition) is 1. The molecule has 0 aliphatic carbocycles. The maximum absolute atomic E-state index is 12.6. The number of sulfonamides is 1. The zero-order valence-corrected chi connectivity index (χ0v) is 17.2. The van der Waals surface area contributed by atoms with Gasteiger partial charge in [-0.05, 0) is 37.1 Å². The number of nitrogens with zero attached hydrogens (tertiary/aromatic N) is 1. The van der Waals surface area contributed by atoms with Crippen molar-refractivity contribution >= 4 is 38.9 Å². The highest BCUT2D eigenvalue weighted by Gasteiger charge is 2.26. The second kappa shape index (κ2) is 8.60. The van der Waals surface area contributed by atoms with Crippen LogP contribution in [-0.2, 0) is 16.6 Å². The molecule has 2 heterocycles. The van der Waals surface area contributed by atoms with E-state index in [1.807, 2.05) is 12.1 Å². The van der Waals surface area contributed by atoms with Gasteiger partial charge in [0.1, 0.15) is 11.9 Å². The fraction of sp³-hybridized carbons (Fsp3) is 0.389. The predicted molar refractivity (Wildman–Crippen MR) is 107 cm³/mol. The van der Waals surface area contributed by atoms with Crippen molar-refractivity contribution in [2.45, 2.75) is 25.5 Å². The van der Waals surface area contributed by atoms with E-state index in [4.69, 9.17) is 16.3 Å². The van der Waals surface area contributed by atoms with Crippen LogP contribution in [0.2, 0.25) is 4.34 Å². The maximum atomic E-state index is 12.6. The lowest BCUT2D eigenvalue weighted by Crippen LogP contribution is -2.41. The van der Waals surface area contributed by atoms with Gasteiger partial charge in [-0.25, -0.2) is 12.7 Å². The summed E-state index contributed by atoms with van der Waals surface area (Å²) in [6.07, 6.45) is 2.29. The molecule has 9 heteroatoms. The van der Waals surface area contributed by atoms with Crippen LogP contribution >= 0.6 is 22.9 Å². The molecule has 6 nitrogen and oxygen atoms in total. The Hall–Kier alpha value is -1.61. The van der Waals surface area contributed by atoms with Gasteiger partial charge in [-0.15, -0.1) is 11.3 Å². The van der Waals surface area contributed by atoms with Gasteiger partial charge in [-0.2, -0.15) is 0 Å². The average molecular weight is 429 g/mol. The van der Waals surface area contributed by atoms with E-state index in [-0.39, 0.29) is 12.0 Å². The normalized spacial score (nSPS) is 16.2. The Morgan fingerprint density at radius 2 is 1.96 bits per heavy atom. The average Bonchev–Trinajstić information content (AvgIpc) is 3.05. The van der Waals surface area contributed by atoms with Gasteiger partial charge < -0.3 is 10.1 Å². The van der Waals surface area contributed by atoms with Gasteiger partial charge in [0.15, 0.2) is 0 Å². The number of piperidine rings is 1. The molecule has 2 aromatic rings.